The lowest BCUT2D eigenvalue weighted by molar-refractivity contribution is 0.487. The highest BCUT2D eigenvalue weighted by molar-refractivity contribution is 7.26. The number of benzene rings is 5. The maximum Gasteiger partial charge on any atom is 0.136 e. The van der Waals surface area contributed by atoms with Gasteiger partial charge in [0.15, 0.2) is 0 Å². The molecule has 0 saturated heterocycles. The van der Waals surface area contributed by atoms with E-state index in [1.165, 1.54) is 31.1 Å². The van der Waals surface area contributed by atoms with Crippen LogP contribution >= 0.6 is 11.3 Å². The summed E-state index contributed by atoms with van der Waals surface area (Å²) in [6.07, 6.45) is 0. The Kier molecular flexibility index (Phi) is 3.85. The van der Waals surface area contributed by atoms with Crippen LogP contribution in [-0.4, -0.2) is 0 Å². The Morgan fingerprint density at radius 1 is 0.543 bits per heavy atom. The standard InChI is InChI=1S/C32H18O2S/c1-2-13-30-21(8-1)23-10-5-11-24(32(23)35-30)27-17-16-26(33-27)20-14-15-28-25(18-20)22-9-3-6-19-7-4-12-29(34-28)31(19)22/h1-18H. The molecule has 2 nitrogen and oxygen atoms in total. The summed E-state index contributed by atoms with van der Waals surface area (Å²) in [6, 6.07) is 38.1. The molecule has 8 rings (SSSR count). The molecule has 0 radical (unpaired) electrons. The summed E-state index contributed by atoms with van der Waals surface area (Å²) >= 11 is 1.82. The number of thiophene rings is 1. The Labute approximate surface area is 205 Å². The normalized spacial score (nSPS) is 12.2. The molecule has 0 N–H and O–H groups in total. The lowest BCUT2D eigenvalue weighted by Gasteiger charge is -2.21. The molecule has 0 atom stereocenters. The van der Waals surface area contributed by atoms with Crippen LogP contribution in [0, 0.1) is 0 Å². The molecule has 0 amide bonds. The van der Waals surface area contributed by atoms with Gasteiger partial charge in [-0.25, -0.2) is 0 Å². The highest BCUT2D eigenvalue weighted by Crippen LogP contribution is 2.48. The predicted molar refractivity (Wildman–Crippen MR) is 145 cm³/mol. The van der Waals surface area contributed by atoms with Gasteiger partial charge in [0.25, 0.3) is 0 Å². The second-order valence-electron chi connectivity index (χ2n) is 8.92. The summed E-state index contributed by atoms with van der Waals surface area (Å²) in [5, 5.41) is 4.92. The fraction of sp³-hybridized carbons (Fsp3) is 0. The number of furan rings is 1. The van der Waals surface area contributed by atoms with Crippen molar-refractivity contribution in [2.45, 2.75) is 0 Å². The maximum absolute atomic E-state index is 6.46. The highest BCUT2D eigenvalue weighted by atomic mass is 32.1. The van der Waals surface area contributed by atoms with Crippen LogP contribution in [0.2, 0.25) is 0 Å². The second kappa shape index (κ2) is 7.08. The molecule has 0 fully saturated rings. The van der Waals surface area contributed by atoms with E-state index in [2.05, 4.69) is 91.0 Å². The van der Waals surface area contributed by atoms with Crippen molar-refractivity contribution < 1.29 is 9.15 Å². The van der Waals surface area contributed by atoms with E-state index in [-0.39, 0.29) is 0 Å². The molecule has 3 heteroatoms. The van der Waals surface area contributed by atoms with Crippen molar-refractivity contribution in [3.05, 3.63) is 109 Å². The number of fused-ring (bicyclic) bond motifs is 5. The van der Waals surface area contributed by atoms with Crippen molar-refractivity contribution in [2.24, 2.45) is 0 Å². The number of rotatable bonds is 2. The molecule has 0 unspecified atom stereocenters. The van der Waals surface area contributed by atoms with E-state index in [0.29, 0.717) is 0 Å². The summed E-state index contributed by atoms with van der Waals surface area (Å²) in [6.45, 7) is 0. The molecule has 35 heavy (non-hydrogen) atoms. The van der Waals surface area contributed by atoms with Crippen LogP contribution in [-0.2, 0) is 0 Å². The molecule has 164 valence electrons. The Hall–Kier alpha value is -4.34. The first kappa shape index (κ1) is 19.0. The molecule has 0 aliphatic carbocycles. The lowest BCUT2D eigenvalue weighted by Crippen LogP contribution is -1.97. The van der Waals surface area contributed by atoms with Gasteiger partial charge in [0.1, 0.15) is 23.0 Å². The zero-order valence-corrected chi connectivity index (χ0v) is 19.4. The van der Waals surface area contributed by atoms with Gasteiger partial charge < -0.3 is 9.15 Å². The predicted octanol–water partition coefficient (Wildman–Crippen LogP) is 9.91. The minimum Gasteiger partial charge on any atom is -0.456 e. The third-order valence-electron chi connectivity index (χ3n) is 6.92. The Balaban J connectivity index is 1.26. The van der Waals surface area contributed by atoms with E-state index in [0.717, 1.165) is 45.1 Å². The van der Waals surface area contributed by atoms with Crippen molar-refractivity contribution in [1.29, 1.82) is 0 Å². The SMILES string of the molecule is c1cc2c3c(cccc3c1)-c1cc(-c3ccc(-c4cccc5c4sc4ccccc45)o3)ccc1O2. The highest BCUT2D eigenvalue weighted by Gasteiger charge is 2.21. The van der Waals surface area contributed by atoms with Crippen molar-refractivity contribution in [2.75, 3.05) is 0 Å². The monoisotopic (exact) mass is 466 g/mol. The van der Waals surface area contributed by atoms with Crippen molar-refractivity contribution in [1.82, 2.24) is 0 Å². The Morgan fingerprint density at radius 2 is 1.34 bits per heavy atom. The van der Waals surface area contributed by atoms with Crippen LogP contribution in [0.3, 0.4) is 0 Å². The minimum atomic E-state index is 0.854. The van der Waals surface area contributed by atoms with Gasteiger partial charge in [0, 0.05) is 42.2 Å². The Morgan fingerprint density at radius 3 is 2.31 bits per heavy atom. The molecule has 3 heterocycles. The average molecular weight is 467 g/mol. The van der Waals surface area contributed by atoms with Crippen molar-refractivity contribution in [3.63, 3.8) is 0 Å². The molecule has 5 aromatic carbocycles. The van der Waals surface area contributed by atoms with Crippen molar-refractivity contribution in [3.8, 4) is 45.3 Å². The van der Waals surface area contributed by atoms with Gasteiger partial charge in [-0.05, 0) is 59.5 Å². The zero-order valence-electron chi connectivity index (χ0n) is 18.6. The van der Waals surface area contributed by atoms with E-state index in [1.807, 2.05) is 29.5 Å². The lowest BCUT2D eigenvalue weighted by atomic mass is 9.93. The van der Waals surface area contributed by atoms with Crippen LogP contribution in [0.25, 0.3) is 64.7 Å². The first-order valence-electron chi connectivity index (χ1n) is 11.7. The van der Waals surface area contributed by atoms with Gasteiger partial charge in [-0.2, -0.15) is 0 Å². The minimum absolute atomic E-state index is 0.854. The fourth-order valence-electron chi connectivity index (χ4n) is 5.30. The molecule has 7 aromatic rings. The van der Waals surface area contributed by atoms with Crippen LogP contribution in [0.5, 0.6) is 11.5 Å². The van der Waals surface area contributed by atoms with E-state index in [4.69, 9.17) is 9.15 Å². The van der Waals surface area contributed by atoms with E-state index in [9.17, 15) is 0 Å². The van der Waals surface area contributed by atoms with Crippen molar-refractivity contribution >= 4 is 42.3 Å². The van der Waals surface area contributed by atoms with E-state index >= 15 is 0 Å². The molecule has 1 aliphatic heterocycles. The zero-order chi connectivity index (χ0) is 22.9. The molecule has 0 bridgehead atoms. The molecular weight excluding hydrogens is 448 g/mol. The molecule has 0 spiro atoms. The van der Waals surface area contributed by atoms with Crippen LogP contribution in [0.4, 0.5) is 0 Å². The largest absolute Gasteiger partial charge is 0.456 e. The summed E-state index contributed by atoms with van der Waals surface area (Å²) in [4.78, 5) is 0. The summed E-state index contributed by atoms with van der Waals surface area (Å²) < 4.78 is 15.3. The Bertz CT molecular complexity index is 1930. The number of hydrogen-bond donors (Lipinski definition) is 0. The molecule has 0 saturated carbocycles. The summed E-state index contributed by atoms with van der Waals surface area (Å²) in [5.41, 5.74) is 4.47. The quantitative estimate of drug-likeness (QED) is 0.253. The maximum atomic E-state index is 6.46. The smallest absolute Gasteiger partial charge is 0.136 e. The third kappa shape index (κ3) is 2.76. The summed E-state index contributed by atoms with van der Waals surface area (Å²) in [7, 11) is 0. The van der Waals surface area contributed by atoms with E-state index < -0.39 is 0 Å². The van der Waals surface area contributed by atoms with Gasteiger partial charge >= 0.3 is 0 Å². The number of ether oxygens (including phenoxy) is 1. The third-order valence-corrected chi connectivity index (χ3v) is 8.14. The molecule has 1 aliphatic rings. The van der Waals surface area contributed by atoms with E-state index in [1.54, 1.807) is 0 Å². The fourth-order valence-corrected chi connectivity index (χ4v) is 6.52. The number of hydrogen-bond acceptors (Lipinski definition) is 3. The van der Waals surface area contributed by atoms with Gasteiger partial charge in [-0.1, -0.05) is 60.7 Å². The summed E-state index contributed by atoms with van der Waals surface area (Å²) in [5.74, 6) is 3.53. The second-order valence-corrected chi connectivity index (χ2v) is 9.97. The molecular formula is C32H18O2S. The van der Waals surface area contributed by atoms with Gasteiger partial charge in [-0.3, -0.25) is 0 Å². The topological polar surface area (TPSA) is 22.4 Å². The average Bonchev–Trinajstić information content (AvgIpc) is 3.54. The van der Waals surface area contributed by atoms with Crippen LogP contribution in [0.15, 0.2) is 114 Å². The first-order chi connectivity index (χ1) is 17.3. The first-order valence-corrected chi connectivity index (χ1v) is 12.5. The van der Waals surface area contributed by atoms with Crippen LogP contribution < -0.4 is 4.74 Å². The van der Waals surface area contributed by atoms with Gasteiger partial charge in [0.05, 0.1) is 0 Å². The van der Waals surface area contributed by atoms with Gasteiger partial charge in [0.2, 0.25) is 0 Å². The molecule has 2 aromatic heterocycles. The van der Waals surface area contributed by atoms with Crippen LogP contribution in [0.1, 0.15) is 0 Å². The van der Waals surface area contributed by atoms with Gasteiger partial charge in [-0.15, -0.1) is 11.3 Å².